The van der Waals surface area contributed by atoms with Gasteiger partial charge in [0, 0.05) is 17.7 Å². The Morgan fingerprint density at radius 2 is 2.28 bits per heavy atom. The quantitative estimate of drug-likeness (QED) is 0.474. The second-order valence-corrected chi connectivity index (χ2v) is 3.71. The molecule has 0 atom stereocenters. The predicted octanol–water partition coefficient (Wildman–Crippen LogP) is 2.23. The maximum Gasteiger partial charge on any atom is 0.310 e. The van der Waals surface area contributed by atoms with Gasteiger partial charge < -0.3 is 4.74 Å². The van der Waals surface area contributed by atoms with Crippen LogP contribution in [-0.2, 0) is 16.0 Å². The number of carbonyl (C=O) groups excluding carboxylic acids is 1. The molecule has 18 heavy (non-hydrogen) atoms. The van der Waals surface area contributed by atoms with Gasteiger partial charge in [-0.05, 0) is 6.92 Å². The minimum Gasteiger partial charge on any atom is -0.466 e. The van der Waals surface area contributed by atoms with Crippen molar-refractivity contribution in [3.63, 3.8) is 0 Å². The van der Waals surface area contributed by atoms with Crippen LogP contribution in [0.4, 0.5) is 5.69 Å². The molecule has 0 N–H and O–H groups in total. The smallest absolute Gasteiger partial charge is 0.310 e. The number of hydrogen-bond donors (Lipinski definition) is 0. The fourth-order valence-corrected chi connectivity index (χ4v) is 1.64. The first-order chi connectivity index (χ1) is 8.49. The third-order valence-corrected chi connectivity index (χ3v) is 2.48. The highest BCUT2D eigenvalue weighted by molar-refractivity contribution is 6.32. The van der Waals surface area contributed by atoms with Gasteiger partial charge in [-0.1, -0.05) is 11.6 Å². The second kappa shape index (κ2) is 5.98. The summed E-state index contributed by atoms with van der Waals surface area (Å²) >= 11 is 5.84. The minimum absolute atomic E-state index is 0.00209. The molecule has 0 spiro atoms. The van der Waals surface area contributed by atoms with Crippen molar-refractivity contribution >= 4 is 23.3 Å². The highest BCUT2D eigenvalue weighted by Crippen LogP contribution is 2.27. The predicted molar refractivity (Wildman–Crippen MR) is 63.2 cm³/mol. The number of hydrogen-bond acceptors (Lipinski definition) is 5. The number of nitrogens with zero attached hydrogens (tertiary/aromatic N) is 2. The summed E-state index contributed by atoms with van der Waals surface area (Å²) in [5, 5.41) is 19.5. The fraction of sp³-hybridized carbons (Fsp3) is 0.273. The molecule has 94 valence electrons. The lowest BCUT2D eigenvalue weighted by Gasteiger charge is -2.06. The molecule has 0 unspecified atom stereocenters. The molecule has 6 nitrogen and oxygen atoms in total. The molecule has 0 aliphatic rings. The van der Waals surface area contributed by atoms with Gasteiger partial charge in [-0.3, -0.25) is 14.9 Å². The van der Waals surface area contributed by atoms with E-state index in [9.17, 15) is 14.9 Å². The van der Waals surface area contributed by atoms with Crippen molar-refractivity contribution < 1.29 is 14.5 Å². The zero-order valence-corrected chi connectivity index (χ0v) is 10.2. The van der Waals surface area contributed by atoms with E-state index in [1.54, 1.807) is 13.0 Å². The molecule has 0 saturated heterocycles. The number of ether oxygens (including phenoxy) is 1. The van der Waals surface area contributed by atoms with Crippen LogP contribution >= 0.6 is 11.6 Å². The standard InChI is InChI=1S/C11H9ClN2O4/c1-2-18-11(15)5-9-7(6-13)3-8(14(16)17)4-10(9)12/h3-4H,2,5H2,1H3. The van der Waals surface area contributed by atoms with Gasteiger partial charge in [-0.25, -0.2) is 0 Å². The van der Waals surface area contributed by atoms with Gasteiger partial charge in [0.05, 0.1) is 34.6 Å². The van der Waals surface area contributed by atoms with Crippen LogP contribution in [0.2, 0.25) is 5.02 Å². The summed E-state index contributed by atoms with van der Waals surface area (Å²) in [5.41, 5.74) is -0.0466. The van der Waals surface area contributed by atoms with E-state index in [0.29, 0.717) is 0 Å². The molecule has 7 heteroatoms. The molecule has 0 heterocycles. The Morgan fingerprint density at radius 1 is 1.61 bits per heavy atom. The van der Waals surface area contributed by atoms with Crippen LogP contribution in [0.3, 0.4) is 0 Å². The van der Waals surface area contributed by atoms with Crippen molar-refractivity contribution in [1.82, 2.24) is 0 Å². The molecule has 0 fully saturated rings. The lowest BCUT2D eigenvalue weighted by Crippen LogP contribution is -2.09. The van der Waals surface area contributed by atoms with E-state index in [2.05, 4.69) is 0 Å². The first-order valence-corrected chi connectivity index (χ1v) is 5.40. The van der Waals surface area contributed by atoms with E-state index in [0.717, 1.165) is 12.1 Å². The lowest BCUT2D eigenvalue weighted by atomic mass is 10.0. The molecule has 0 radical (unpaired) electrons. The summed E-state index contributed by atoms with van der Waals surface area (Å²) in [5.74, 6) is -0.537. The molecular formula is C11H9ClN2O4. The number of carbonyl (C=O) groups is 1. The van der Waals surface area contributed by atoms with Gasteiger partial charge in [-0.2, -0.15) is 5.26 Å². The van der Waals surface area contributed by atoms with Crippen LogP contribution in [0.25, 0.3) is 0 Å². The van der Waals surface area contributed by atoms with Gasteiger partial charge >= 0.3 is 5.97 Å². The molecule has 0 bridgehead atoms. The number of nitriles is 1. The first-order valence-electron chi connectivity index (χ1n) is 5.02. The number of non-ortho nitro benzene ring substituents is 1. The molecular weight excluding hydrogens is 260 g/mol. The van der Waals surface area contributed by atoms with Gasteiger partial charge in [-0.15, -0.1) is 0 Å². The number of nitro benzene ring substituents is 1. The number of esters is 1. The molecule has 0 aliphatic heterocycles. The third-order valence-electron chi connectivity index (χ3n) is 2.14. The molecule has 1 aromatic carbocycles. The zero-order valence-electron chi connectivity index (χ0n) is 9.47. The highest BCUT2D eigenvalue weighted by atomic mass is 35.5. The van der Waals surface area contributed by atoms with E-state index >= 15 is 0 Å². The van der Waals surface area contributed by atoms with E-state index in [1.807, 2.05) is 0 Å². The van der Waals surface area contributed by atoms with Crippen molar-refractivity contribution in [2.75, 3.05) is 6.61 Å². The second-order valence-electron chi connectivity index (χ2n) is 3.30. The van der Waals surface area contributed by atoms with Crippen LogP contribution in [0.15, 0.2) is 12.1 Å². The Kier molecular flexibility index (Phi) is 4.63. The van der Waals surface area contributed by atoms with Crippen LogP contribution in [0, 0.1) is 21.4 Å². The topological polar surface area (TPSA) is 93.2 Å². The molecule has 1 aromatic rings. The van der Waals surface area contributed by atoms with Crippen LogP contribution in [-0.4, -0.2) is 17.5 Å². The van der Waals surface area contributed by atoms with E-state index in [-0.39, 0.29) is 34.9 Å². The first kappa shape index (κ1) is 13.9. The number of rotatable bonds is 4. The fourth-order valence-electron chi connectivity index (χ4n) is 1.36. The summed E-state index contributed by atoms with van der Waals surface area (Å²) in [6.45, 7) is 1.87. The molecule has 0 aliphatic carbocycles. The summed E-state index contributed by atoms with van der Waals surface area (Å²) in [6.07, 6.45) is -0.187. The summed E-state index contributed by atoms with van der Waals surface area (Å²) in [7, 11) is 0. The minimum atomic E-state index is -0.652. The number of nitro groups is 1. The van der Waals surface area contributed by atoms with Gasteiger partial charge in [0.2, 0.25) is 0 Å². The molecule has 0 aromatic heterocycles. The van der Waals surface area contributed by atoms with Crippen LogP contribution in [0.5, 0.6) is 0 Å². The molecule has 1 rings (SSSR count). The Labute approximate surface area is 108 Å². The Balaban J connectivity index is 3.16. The van der Waals surface area contributed by atoms with Crippen molar-refractivity contribution in [2.45, 2.75) is 13.3 Å². The Bertz CT molecular complexity index is 537. The SMILES string of the molecule is CCOC(=O)Cc1c(Cl)cc([N+](=O)[O-])cc1C#N. The molecule has 0 amide bonds. The van der Waals surface area contributed by atoms with Gasteiger partial charge in [0.15, 0.2) is 0 Å². The summed E-state index contributed by atoms with van der Waals surface area (Å²) < 4.78 is 4.74. The van der Waals surface area contributed by atoms with Gasteiger partial charge in [0.25, 0.3) is 5.69 Å². The average molecular weight is 269 g/mol. The lowest BCUT2D eigenvalue weighted by molar-refractivity contribution is -0.384. The van der Waals surface area contributed by atoms with Crippen molar-refractivity contribution in [3.05, 3.63) is 38.4 Å². The van der Waals surface area contributed by atoms with E-state index < -0.39 is 10.9 Å². The molecule has 0 saturated carbocycles. The Morgan fingerprint density at radius 3 is 2.78 bits per heavy atom. The van der Waals surface area contributed by atoms with E-state index in [4.69, 9.17) is 21.6 Å². The largest absolute Gasteiger partial charge is 0.466 e. The third kappa shape index (κ3) is 3.18. The number of halogens is 1. The van der Waals surface area contributed by atoms with Crippen molar-refractivity contribution in [1.29, 1.82) is 5.26 Å². The summed E-state index contributed by atoms with van der Waals surface area (Å²) in [6, 6.07) is 3.97. The maximum atomic E-state index is 11.3. The van der Waals surface area contributed by atoms with Crippen molar-refractivity contribution in [3.8, 4) is 6.07 Å². The van der Waals surface area contributed by atoms with Crippen LogP contribution < -0.4 is 0 Å². The summed E-state index contributed by atoms with van der Waals surface area (Å²) in [4.78, 5) is 21.3. The van der Waals surface area contributed by atoms with Gasteiger partial charge in [0.1, 0.15) is 0 Å². The highest BCUT2D eigenvalue weighted by Gasteiger charge is 2.18. The zero-order chi connectivity index (χ0) is 13.7. The monoisotopic (exact) mass is 268 g/mol. The normalized spacial score (nSPS) is 9.61. The van der Waals surface area contributed by atoms with Crippen LogP contribution in [0.1, 0.15) is 18.1 Å². The Hall–Kier alpha value is -2.13. The van der Waals surface area contributed by atoms with Crippen molar-refractivity contribution in [2.24, 2.45) is 0 Å². The van der Waals surface area contributed by atoms with E-state index in [1.165, 1.54) is 0 Å². The average Bonchev–Trinajstić information content (AvgIpc) is 2.31. The number of benzene rings is 1. The maximum absolute atomic E-state index is 11.3.